The topological polar surface area (TPSA) is 216 Å². The average molecular weight is 488 g/mol. The Kier molecular flexibility index (Phi) is 8.95. The minimum atomic E-state index is -1.86. The third kappa shape index (κ3) is 6.09. The van der Waals surface area contributed by atoms with Crippen molar-refractivity contribution in [2.24, 2.45) is 0 Å². The smallest absolute Gasteiger partial charge is 0.330 e. The lowest BCUT2D eigenvalue weighted by atomic mass is 9.97. The lowest BCUT2D eigenvalue weighted by molar-refractivity contribution is -0.361. The molecule has 10 atom stereocenters. The monoisotopic (exact) mass is 488 g/mol. The van der Waals surface area contributed by atoms with Crippen LogP contribution in [0.2, 0.25) is 0 Å². The molecule has 1 aromatic carbocycles. The lowest BCUT2D eigenvalue weighted by Gasteiger charge is -2.45. The summed E-state index contributed by atoms with van der Waals surface area (Å²) in [5, 5.41) is 79.1. The van der Waals surface area contributed by atoms with Gasteiger partial charge < -0.3 is 59.8 Å². The first-order chi connectivity index (χ1) is 16.1. The fourth-order valence-electron chi connectivity index (χ4n) is 3.50. The molecule has 190 valence electrons. The molecule has 2 saturated heterocycles. The maximum Gasteiger partial charge on any atom is 0.330 e. The maximum atomic E-state index is 11.9. The van der Waals surface area contributed by atoms with Crippen molar-refractivity contribution >= 4 is 12.0 Å². The number of carbonyl (C=O) groups excluding carboxylic acids is 1. The quantitative estimate of drug-likeness (QED) is 0.139. The van der Waals surface area contributed by atoms with Gasteiger partial charge in [0.05, 0.1) is 6.61 Å². The van der Waals surface area contributed by atoms with E-state index in [1.54, 1.807) is 12.1 Å². The molecule has 1 aromatic rings. The van der Waals surface area contributed by atoms with E-state index >= 15 is 0 Å². The Bertz CT molecular complexity index is 828. The summed E-state index contributed by atoms with van der Waals surface area (Å²) in [6, 6.07) is 6.00. The third-order valence-electron chi connectivity index (χ3n) is 5.50. The van der Waals surface area contributed by atoms with Gasteiger partial charge in [0.1, 0.15) is 61.2 Å². The number of benzene rings is 1. The largest absolute Gasteiger partial charge is 0.508 e. The molecule has 0 unspecified atom stereocenters. The summed E-state index contributed by atoms with van der Waals surface area (Å²) in [5.74, 6) is -0.735. The minimum absolute atomic E-state index is 0.0640. The van der Waals surface area contributed by atoms with E-state index in [0.29, 0.717) is 5.56 Å². The SMILES string of the molecule is O=C(C=Cc1ccc(O)cc1)OC[C@@H]1O[C@@H](O)[C@@H](O[C@@H]2O[C@@H](CO)[C@@H](O)[C@@H](O)[C@H]2O)[C@@H](O)[C@@H]1O. The number of aromatic hydroxyl groups is 1. The fourth-order valence-corrected chi connectivity index (χ4v) is 3.50. The molecule has 8 N–H and O–H groups in total. The van der Waals surface area contributed by atoms with Gasteiger partial charge in [-0.05, 0) is 23.8 Å². The molecule has 34 heavy (non-hydrogen) atoms. The molecule has 0 spiro atoms. The van der Waals surface area contributed by atoms with Gasteiger partial charge in [-0.15, -0.1) is 0 Å². The number of hydrogen-bond donors (Lipinski definition) is 8. The Balaban J connectivity index is 1.54. The van der Waals surface area contributed by atoms with E-state index in [4.69, 9.17) is 18.9 Å². The van der Waals surface area contributed by atoms with E-state index in [1.807, 2.05) is 0 Å². The number of rotatable bonds is 7. The first-order valence-corrected chi connectivity index (χ1v) is 10.4. The number of hydrogen-bond acceptors (Lipinski definition) is 13. The fraction of sp³-hybridized carbons (Fsp3) is 0.571. The number of carbonyl (C=O) groups is 1. The van der Waals surface area contributed by atoms with Crippen LogP contribution in [0.15, 0.2) is 30.3 Å². The molecule has 2 aliphatic rings. The normalized spacial score (nSPS) is 38.7. The number of aliphatic hydroxyl groups excluding tert-OH is 7. The molecule has 0 radical (unpaired) electrons. The first kappa shape index (κ1) is 26.4. The average Bonchev–Trinajstić information content (AvgIpc) is 2.82. The van der Waals surface area contributed by atoms with Gasteiger partial charge in [-0.3, -0.25) is 0 Å². The van der Waals surface area contributed by atoms with Crippen LogP contribution >= 0.6 is 0 Å². The van der Waals surface area contributed by atoms with E-state index in [1.165, 1.54) is 18.2 Å². The summed E-state index contributed by atoms with van der Waals surface area (Å²) >= 11 is 0. The summed E-state index contributed by atoms with van der Waals surface area (Å²) in [6.45, 7) is -1.24. The van der Waals surface area contributed by atoms with E-state index in [0.717, 1.165) is 6.08 Å². The highest BCUT2D eigenvalue weighted by molar-refractivity contribution is 5.87. The number of aliphatic hydroxyl groups is 7. The molecule has 0 saturated carbocycles. The molecular weight excluding hydrogens is 460 g/mol. The van der Waals surface area contributed by atoms with Crippen molar-refractivity contribution in [1.29, 1.82) is 0 Å². The van der Waals surface area contributed by atoms with Crippen molar-refractivity contribution < 1.29 is 64.6 Å². The van der Waals surface area contributed by atoms with Crippen LogP contribution in [0.4, 0.5) is 0 Å². The van der Waals surface area contributed by atoms with Crippen LogP contribution in [0.1, 0.15) is 5.56 Å². The number of esters is 1. The molecule has 0 amide bonds. The zero-order chi connectivity index (χ0) is 25.0. The van der Waals surface area contributed by atoms with Crippen LogP contribution in [-0.4, -0.2) is 121 Å². The summed E-state index contributed by atoms with van der Waals surface area (Å²) in [6.07, 6.45) is -13.9. The van der Waals surface area contributed by atoms with Crippen LogP contribution < -0.4 is 0 Å². The Morgan fingerprint density at radius 3 is 2.18 bits per heavy atom. The molecule has 0 aliphatic carbocycles. The van der Waals surface area contributed by atoms with Gasteiger partial charge >= 0.3 is 5.97 Å². The van der Waals surface area contributed by atoms with Crippen LogP contribution in [0.3, 0.4) is 0 Å². The van der Waals surface area contributed by atoms with E-state index in [2.05, 4.69) is 0 Å². The minimum Gasteiger partial charge on any atom is -0.508 e. The van der Waals surface area contributed by atoms with E-state index < -0.39 is 80.6 Å². The molecule has 3 rings (SSSR count). The summed E-state index contributed by atoms with van der Waals surface area (Å²) in [4.78, 5) is 11.9. The molecule has 0 aromatic heterocycles. The summed E-state index contributed by atoms with van der Waals surface area (Å²) < 4.78 is 20.6. The summed E-state index contributed by atoms with van der Waals surface area (Å²) in [7, 11) is 0. The highest BCUT2D eigenvalue weighted by Gasteiger charge is 2.50. The Labute approximate surface area is 193 Å². The zero-order valence-corrected chi connectivity index (χ0v) is 17.8. The first-order valence-electron chi connectivity index (χ1n) is 10.4. The van der Waals surface area contributed by atoms with Crippen molar-refractivity contribution in [3.63, 3.8) is 0 Å². The molecule has 2 aliphatic heterocycles. The lowest BCUT2D eigenvalue weighted by Crippen LogP contribution is -2.64. The predicted molar refractivity (Wildman–Crippen MR) is 110 cm³/mol. The van der Waals surface area contributed by atoms with Crippen LogP contribution in [0.5, 0.6) is 5.75 Å². The number of phenolic OH excluding ortho intramolecular Hbond substituents is 1. The predicted octanol–water partition coefficient (Wildman–Crippen LogP) is -3.43. The van der Waals surface area contributed by atoms with Gasteiger partial charge in [0.2, 0.25) is 0 Å². The second kappa shape index (κ2) is 11.5. The van der Waals surface area contributed by atoms with E-state index in [9.17, 15) is 45.6 Å². The highest BCUT2D eigenvalue weighted by Crippen LogP contribution is 2.28. The summed E-state index contributed by atoms with van der Waals surface area (Å²) in [5.41, 5.74) is 0.614. The molecule has 13 nitrogen and oxygen atoms in total. The van der Waals surface area contributed by atoms with Crippen LogP contribution in [0.25, 0.3) is 6.08 Å². The van der Waals surface area contributed by atoms with Gasteiger partial charge in [0.15, 0.2) is 12.6 Å². The second-order valence-electron chi connectivity index (χ2n) is 7.90. The molecule has 13 heteroatoms. The Morgan fingerprint density at radius 1 is 0.882 bits per heavy atom. The number of phenols is 1. The van der Waals surface area contributed by atoms with Crippen LogP contribution in [0, 0.1) is 0 Å². The maximum absolute atomic E-state index is 11.9. The van der Waals surface area contributed by atoms with Crippen molar-refractivity contribution in [3.05, 3.63) is 35.9 Å². The van der Waals surface area contributed by atoms with E-state index in [-0.39, 0.29) is 5.75 Å². The van der Waals surface area contributed by atoms with Crippen molar-refractivity contribution in [1.82, 2.24) is 0 Å². The van der Waals surface area contributed by atoms with Gasteiger partial charge in [-0.25, -0.2) is 4.79 Å². The van der Waals surface area contributed by atoms with Crippen molar-refractivity contribution in [2.45, 2.75) is 61.4 Å². The molecular formula is C21H28O13. The highest BCUT2D eigenvalue weighted by atomic mass is 16.7. The molecule has 0 bridgehead atoms. The third-order valence-corrected chi connectivity index (χ3v) is 5.50. The second-order valence-corrected chi connectivity index (χ2v) is 7.90. The van der Waals surface area contributed by atoms with Gasteiger partial charge in [-0.1, -0.05) is 12.1 Å². The zero-order valence-electron chi connectivity index (χ0n) is 17.8. The molecule has 2 fully saturated rings. The number of ether oxygens (including phenoxy) is 4. The van der Waals surface area contributed by atoms with Gasteiger partial charge in [0.25, 0.3) is 0 Å². The van der Waals surface area contributed by atoms with Gasteiger partial charge in [0, 0.05) is 6.08 Å². The standard InChI is InChI=1S/C21H28O13/c22-7-11-14(25)16(27)18(29)21(33-11)34-19-17(28)15(26)12(32-20(19)30)8-31-13(24)6-3-9-1-4-10(23)5-2-9/h1-6,11-12,14-23,25-30H,7-8H2/t11-,12-,14+,15+,16+,17-,18+,19-,20+,21-/m0/s1. The van der Waals surface area contributed by atoms with Crippen LogP contribution in [-0.2, 0) is 23.7 Å². The molecule has 2 heterocycles. The van der Waals surface area contributed by atoms with Gasteiger partial charge in [-0.2, -0.15) is 0 Å². The van der Waals surface area contributed by atoms with Crippen molar-refractivity contribution in [3.8, 4) is 5.75 Å². The van der Waals surface area contributed by atoms with Crippen molar-refractivity contribution in [2.75, 3.05) is 13.2 Å². The Morgan fingerprint density at radius 2 is 1.53 bits per heavy atom. The Hall–Kier alpha value is -2.17.